The topological polar surface area (TPSA) is 58.4 Å². The summed E-state index contributed by atoms with van der Waals surface area (Å²) in [6.07, 6.45) is 2.50. The molecule has 19 heavy (non-hydrogen) atoms. The lowest BCUT2D eigenvalue weighted by atomic mass is 10.2. The van der Waals surface area contributed by atoms with Gasteiger partial charge in [0.1, 0.15) is 5.69 Å². The van der Waals surface area contributed by atoms with Gasteiger partial charge in [-0.1, -0.05) is 11.6 Å². The van der Waals surface area contributed by atoms with E-state index in [0.717, 1.165) is 0 Å². The predicted octanol–water partition coefficient (Wildman–Crippen LogP) is 3.14. The van der Waals surface area contributed by atoms with E-state index in [4.69, 9.17) is 11.6 Å². The quantitative estimate of drug-likeness (QED) is 0.644. The number of halogens is 1. The van der Waals surface area contributed by atoms with Crippen molar-refractivity contribution in [3.05, 3.63) is 33.3 Å². The second-order valence-corrected chi connectivity index (χ2v) is 5.48. The normalized spacial score (nSPS) is 16.4. The smallest absolute Gasteiger partial charge is 0.293 e. The summed E-state index contributed by atoms with van der Waals surface area (Å²) in [6.45, 7) is 2.79. The van der Waals surface area contributed by atoms with Gasteiger partial charge in [-0.15, -0.1) is 0 Å². The van der Waals surface area contributed by atoms with E-state index in [-0.39, 0.29) is 5.69 Å². The molecule has 5 nitrogen and oxygen atoms in total. The lowest BCUT2D eigenvalue weighted by Crippen LogP contribution is -2.36. The Morgan fingerprint density at radius 1 is 1.58 bits per heavy atom. The van der Waals surface area contributed by atoms with Crippen LogP contribution in [0.3, 0.4) is 0 Å². The van der Waals surface area contributed by atoms with E-state index in [1.807, 2.05) is 0 Å². The van der Waals surface area contributed by atoms with Gasteiger partial charge in [0, 0.05) is 29.7 Å². The second-order valence-electron chi connectivity index (χ2n) is 5.05. The number of likely N-dealkylation sites (N-methyl/N-ethyl adjacent to an activating group) is 1. The minimum Gasteiger partial charge on any atom is -0.378 e. The van der Waals surface area contributed by atoms with Gasteiger partial charge in [-0.05, 0) is 38.9 Å². The van der Waals surface area contributed by atoms with Crippen molar-refractivity contribution in [3.63, 3.8) is 0 Å². The lowest BCUT2D eigenvalue weighted by Gasteiger charge is -2.25. The van der Waals surface area contributed by atoms with Crippen LogP contribution in [0.2, 0.25) is 5.02 Å². The first-order valence-corrected chi connectivity index (χ1v) is 6.76. The van der Waals surface area contributed by atoms with Crippen LogP contribution in [0.15, 0.2) is 18.2 Å². The molecule has 0 spiro atoms. The maximum Gasteiger partial charge on any atom is 0.293 e. The van der Waals surface area contributed by atoms with E-state index in [1.165, 1.54) is 18.9 Å². The maximum atomic E-state index is 11.0. The highest BCUT2D eigenvalue weighted by molar-refractivity contribution is 6.30. The molecule has 0 saturated heterocycles. The highest BCUT2D eigenvalue weighted by atomic mass is 35.5. The summed E-state index contributed by atoms with van der Waals surface area (Å²) in [7, 11) is 2.10. The van der Waals surface area contributed by atoms with Gasteiger partial charge < -0.3 is 5.32 Å². The zero-order chi connectivity index (χ0) is 14.0. The Labute approximate surface area is 117 Å². The van der Waals surface area contributed by atoms with Crippen LogP contribution < -0.4 is 5.32 Å². The molecule has 104 valence electrons. The van der Waals surface area contributed by atoms with E-state index in [2.05, 4.69) is 24.2 Å². The van der Waals surface area contributed by atoms with Crippen LogP contribution in [0.4, 0.5) is 11.4 Å². The third-order valence-electron chi connectivity index (χ3n) is 3.56. The number of nitrogens with zero attached hydrogens (tertiary/aromatic N) is 2. The van der Waals surface area contributed by atoms with Crippen molar-refractivity contribution >= 4 is 23.0 Å². The van der Waals surface area contributed by atoms with Gasteiger partial charge in [0.05, 0.1) is 4.92 Å². The van der Waals surface area contributed by atoms with Crippen molar-refractivity contribution in [2.45, 2.75) is 31.8 Å². The average molecular weight is 284 g/mol. The summed E-state index contributed by atoms with van der Waals surface area (Å²) in [4.78, 5) is 12.9. The molecule has 1 saturated carbocycles. The largest absolute Gasteiger partial charge is 0.378 e. The minimum absolute atomic E-state index is 0.0220. The van der Waals surface area contributed by atoms with E-state index >= 15 is 0 Å². The molecule has 1 aliphatic carbocycles. The zero-order valence-corrected chi connectivity index (χ0v) is 11.9. The Hall–Kier alpha value is -1.33. The molecule has 0 bridgehead atoms. The summed E-state index contributed by atoms with van der Waals surface area (Å²) in [5.41, 5.74) is 0.541. The van der Waals surface area contributed by atoms with Gasteiger partial charge in [-0.25, -0.2) is 0 Å². The minimum atomic E-state index is -0.413. The molecule has 6 heteroatoms. The molecule has 2 rings (SSSR count). The van der Waals surface area contributed by atoms with Crippen LogP contribution in [0.25, 0.3) is 0 Å². The summed E-state index contributed by atoms with van der Waals surface area (Å²) < 4.78 is 0. The molecule has 1 atom stereocenters. The van der Waals surface area contributed by atoms with Crippen LogP contribution in [-0.4, -0.2) is 35.5 Å². The molecule has 0 heterocycles. The van der Waals surface area contributed by atoms with E-state index in [0.29, 0.717) is 29.3 Å². The van der Waals surface area contributed by atoms with Crippen LogP contribution >= 0.6 is 11.6 Å². The molecule has 1 N–H and O–H groups in total. The van der Waals surface area contributed by atoms with Gasteiger partial charge in [0.15, 0.2) is 0 Å². The first kappa shape index (κ1) is 14.1. The summed E-state index contributed by atoms with van der Waals surface area (Å²) in [6, 6.07) is 5.70. The monoisotopic (exact) mass is 283 g/mol. The number of benzene rings is 1. The van der Waals surface area contributed by atoms with E-state index in [9.17, 15) is 10.1 Å². The Bertz CT molecular complexity index is 477. The van der Waals surface area contributed by atoms with Crippen LogP contribution in [0.1, 0.15) is 19.8 Å². The van der Waals surface area contributed by atoms with Gasteiger partial charge in [-0.2, -0.15) is 0 Å². The van der Waals surface area contributed by atoms with Crippen molar-refractivity contribution in [3.8, 4) is 0 Å². The Kier molecular flexibility index (Phi) is 4.27. The predicted molar refractivity (Wildman–Crippen MR) is 76.8 cm³/mol. The highest BCUT2D eigenvalue weighted by Crippen LogP contribution is 2.29. The fourth-order valence-electron chi connectivity index (χ4n) is 2.05. The summed E-state index contributed by atoms with van der Waals surface area (Å²) in [5.74, 6) is 0. The number of nitrogens with one attached hydrogen (secondary N) is 1. The van der Waals surface area contributed by atoms with Crippen molar-refractivity contribution in [1.29, 1.82) is 0 Å². The SMILES string of the molecule is CC(CNc1ccc(Cl)cc1[N+](=O)[O-])N(C)C1CC1. The number of nitro benzene ring substituents is 1. The number of hydrogen-bond acceptors (Lipinski definition) is 4. The van der Waals surface area contributed by atoms with E-state index < -0.39 is 4.92 Å². The van der Waals surface area contributed by atoms with E-state index in [1.54, 1.807) is 12.1 Å². The van der Waals surface area contributed by atoms with Gasteiger partial charge in [0.2, 0.25) is 0 Å². The molecular formula is C13H18ClN3O2. The Balaban J connectivity index is 2.00. The summed E-state index contributed by atoms with van der Waals surface area (Å²) >= 11 is 5.78. The Morgan fingerprint density at radius 2 is 2.26 bits per heavy atom. The number of rotatable bonds is 6. The van der Waals surface area contributed by atoms with Gasteiger partial charge >= 0.3 is 0 Å². The summed E-state index contributed by atoms with van der Waals surface area (Å²) in [5, 5.41) is 14.5. The number of hydrogen-bond donors (Lipinski definition) is 1. The third kappa shape index (κ3) is 3.58. The molecular weight excluding hydrogens is 266 g/mol. The molecule has 1 aromatic rings. The van der Waals surface area contributed by atoms with Crippen LogP contribution in [-0.2, 0) is 0 Å². The van der Waals surface area contributed by atoms with Gasteiger partial charge in [-0.3, -0.25) is 15.0 Å². The van der Waals surface area contributed by atoms with Crippen molar-refractivity contribution < 1.29 is 4.92 Å². The average Bonchev–Trinajstić information content (AvgIpc) is 3.20. The molecule has 1 aliphatic rings. The fourth-order valence-corrected chi connectivity index (χ4v) is 2.22. The van der Waals surface area contributed by atoms with Crippen molar-refractivity contribution in [1.82, 2.24) is 4.90 Å². The maximum absolute atomic E-state index is 11.0. The zero-order valence-electron chi connectivity index (χ0n) is 11.1. The highest BCUT2D eigenvalue weighted by Gasteiger charge is 2.29. The molecule has 0 amide bonds. The van der Waals surface area contributed by atoms with Gasteiger partial charge in [0.25, 0.3) is 5.69 Å². The molecule has 0 radical (unpaired) electrons. The molecule has 1 aromatic carbocycles. The molecule has 0 aliphatic heterocycles. The van der Waals surface area contributed by atoms with Crippen LogP contribution in [0, 0.1) is 10.1 Å². The Morgan fingerprint density at radius 3 is 2.84 bits per heavy atom. The fraction of sp³-hybridized carbons (Fsp3) is 0.538. The second kappa shape index (κ2) is 5.75. The number of anilines is 1. The molecule has 1 fully saturated rings. The number of nitro groups is 1. The first-order valence-electron chi connectivity index (χ1n) is 6.39. The lowest BCUT2D eigenvalue weighted by molar-refractivity contribution is -0.383. The van der Waals surface area contributed by atoms with Crippen molar-refractivity contribution in [2.75, 3.05) is 18.9 Å². The third-order valence-corrected chi connectivity index (χ3v) is 3.80. The standard InChI is InChI=1S/C13H18ClN3O2/c1-9(16(2)11-4-5-11)8-15-12-6-3-10(14)7-13(12)17(18)19/h3,6-7,9,11,15H,4-5,8H2,1-2H3. The van der Waals surface area contributed by atoms with Crippen molar-refractivity contribution in [2.24, 2.45) is 0 Å². The molecule has 0 aromatic heterocycles. The molecule has 1 unspecified atom stereocenters. The first-order chi connectivity index (χ1) is 8.99. The van der Waals surface area contributed by atoms with Crippen LogP contribution in [0.5, 0.6) is 0 Å².